The maximum Gasteiger partial charge on any atom is 0.170 e. The third-order valence-corrected chi connectivity index (χ3v) is 5.86. The molecule has 1 aliphatic heterocycles. The Labute approximate surface area is 180 Å². The molecule has 1 aromatic carbocycles. The van der Waals surface area contributed by atoms with Crippen molar-refractivity contribution in [1.82, 2.24) is 19.8 Å². The van der Waals surface area contributed by atoms with Crippen LogP contribution in [0.5, 0.6) is 0 Å². The van der Waals surface area contributed by atoms with Gasteiger partial charge in [-0.3, -0.25) is 4.98 Å². The second-order valence-electron chi connectivity index (χ2n) is 7.08. The monoisotopic (exact) mass is 428 g/mol. The van der Waals surface area contributed by atoms with Crippen molar-refractivity contribution in [1.29, 1.82) is 0 Å². The van der Waals surface area contributed by atoms with E-state index in [2.05, 4.69) is 28.2 Å². The summed E-state index contributed by atoms with van der Waals surface area (Å²) in [6.07, 6.45) is 5.88. The molecule has 1 saturated heterocycles. The van der Waals surface area contributed by atoms with Crippen LogP contribution in [0.25, 0.3) is 5.69 Å². The Kier molecular flexibility index (Phi) is 5.83. The standard InChI is InChI=1S/C22H22ClFN4S/c1-2-3-12-28-21(20(26-22(28)29)18-7-4-5-11-25-18)19-8-6-13-27(19)15-9-10-17(24)16(23)14-15/h4-11,13-14,20-21H,2-3,12H2,1H3,(H,26,29)/t20-,21-/m1/s1. The number of hydrogen-bond acceptors (Lipinski definition) is 2. The highest BCUT2D eigenvalue weighted by molar-refractivity contribution is 7.80. The predicted octanol–water partition coefficient (Wildman–Crippen LogP) is 5.44. The fourth-order valence-electron chi connectivity index (χ4n) is 3.80. The Balaban J connectivity index is 1.79. The molecule has 0 unspecified atom stereocenters. The summed E-state index contributed by atoms with van der Waals surface area (Å²) in [7, 11) is 0. The Morgan fingerprint density at radius 2 is 2.07 bits per heavy atom. The van der Waals surface area contributed by atoms with Crippen LogP contribution >= 0.6 is 23.8 Å². The summed E-state index contributed by atoms with van der Waals surface area (Å²) in [6.45, 7) is 3.02. The number of halogens is 2. The van der Waals surface area contributed by atoms with Gasteiger partial charge < -0.3 is 14.8 Å². The number of benzene rings is 1. The Morgan fingerprint density at radius 1 is 1.21 bits per heavy atom. The summed E-state index contributed by atoms with van der Waals surface area (Å²) in [5, 5.41) is 4.29. The number of rotatable bonds is 6. The van der Waals surface area contributed by atoms with Crippen LogP contribution < -0.4 is 5.32 Å². The first kappa shape index (κ1) is 19.9. The quantitative estimate of drug-likeness (QED) is 0.530. The average molecular weight is 429 g/mol. The maximum absolute atomic E-state index is 13.7. The van der Waals surface area contributed by atoms with Crippen molar-refractivity contribution in [3.63, 3.8) is 0 Å². The first-order chi connectivity index (χ1) is 14.1. The highest BCUT2D eigenvalue weighted by Crippen LogP contribution is 2.39. The predicted molar refractivity (Wildman–Crippen MR) is 118 cm³/mol. The lowest BCUT2D eigenvalue weighted by molar-refractivity contribution is 0.304. The molecule has 3 aromatic rings. The largest absolute Gasteiger partial charge is 0.352 e. The van der Waals surface area contributed by atoms with E-state index in [1.165, 1.54) is 6.07 Å². The molecule has 150 valence electrons. The van der Waals surface area contributed by atoms with Crippen LogP contribution in [-0.4, -0.2) is 26.1 Å². The van der Waals surface area contributed by atoms with Crippen molar-refractivity contribution in [3.05, 3.63) is 83.2 Å². The van der Waals surface area contributed by atoms with Crippen LogP contribution in [0.4, 0.5) is 4.39 Å². The van der Waals surface area contributed by atoms with Gasteiger partial charge in [0, 0.05) is 30.3 Å². The van der Waals surface area contributed by atoms with Gasteiger partial charge in [0.2, 0.25) is 0 Å². The molecule has 4 rings (SSSR count). The zero-order valence-electron chi connectivity index (χ0n) is 16.1. The molecule has 1 fully saturated rings. The lowest BCUT2D eigenvalue weighted by Crippen LogP contribution is -2.31. The fourth-order valence-corrected chi connectivity index (χ4v) is 4.31. The zero-order chi connectivity index (χ0) is 20.4. The Hall–Kier alpha value is -2.44. The lowest BCUT2D eigenvalue weighted by Gasteiger charge is -2.29. The molecule has 1 N–H and O–H groups in total. The SMILES string of the molecule is CCCCN1C(=S)N[C@H](c2ccccn2)[C@H]1c1cccn1-c1ccc(F)c(Cl)c1. The molecule has 0 amide bonds. The molecule has 4 nitrogen and oxygen atoms in total. The van der Waals surface area contributed by atoms with Gasteiger partial charge in [0.1, 0.15) is 5.82 Å². The molecule has 2 aromatic heterocycles. The van der Waals surface area contributed by atoms with E-state index in [4.69, 9.17) is 23.8 Å². The van der Waals surface area contributed by atoms with Crippen LogP contribution in [0.2, 0.25) is 5.02 Å². The third-order valence-electron chi connectivity index (χ3n) is 5.22. The summed E-state index contributed by atoms with van der Waals surface area (Å²) in [5.74, 6) is -0.427. The van der Waals surface area contributed by atoms with Gasteiger partial charge in [0.25, 0.3) is 0 Å². The molecular formula is C22H22ClFN4S. The number of thiocarbonyl (C=S) groups is 1. The summed E-state index contributed by atoms with van der Waals surface area (Å²) >= 11 is 11.7. The fraction of sp³-hybridized carbons (Fsp3) is 0.273. The smallest absolute Gasteiger partial charge is 0.170 e. The Bertz CT molecular complexity index is 1010. The van der Waals surface area contributed by atoms with Gasteiger partial charge in [0.15, 0.2) is 5.11 Å². The molecular weight excluding hydrogens is 407 g/mol. The summed E-state index contributed by atoms with van der Waals surface area (Å²) < 4.78 is 15.7. The van der Waals surface area contributed by atoms with Crippen LogP contribution in [0, 0.1) is 5.82 Å². The van der Waals surface area contributed by atoms with Crippen molar-refractivity contribution in [2.24, 2.45) is 0 Å². The van der Waals surface area contributed by atoms with Gasteiger partial charge in [-0.1, -0.05) is 31.0 Å². The van der Waals surface area contributed by atoms with Crippen LogP contribution in [0.1, 0.15) is 43.2 Å². The summed E-state index contributed by atoms with van der Waals surface area (Å²) in [4.78, 5) is 6.80. The van der Waals surface area contributed by atoms with Crippen molar-refractivity contribution in [3.8, 4) is 5.69 Å². The van der Waals surface area contributed by atoms with Crippen molar-refractivity contribution in [2.75, 3.05) is 6.54 Å². The molecule has 7 heteroatoms. The maximum atomic E-state index is 13.7. The third kappa shape index (κ3) is 3.87. The second kappa shape index (κ2) is 8.51. The molecule has 3 heterocycles. The highest BCUT2D eigenvalue weighted by Gasteiger charge is 2.40. The van der Waals surface area contributed by atoms with Crippen molar-refractivity contribution < 1.29 is 4.39 Å². The normalized spacial score (nSPS) is 18.9. The summed E-state index contributed by atoms with van der Waals surface area (Å²) in [6, 6.07) is 14.6. The van der Waals surface area contributed by atoms with Gasteiger partial charge >= 0.3 is 0 Å². The van der Waals surface area contributed by atoms with E-state index in [0.717, 1.165) is 41.6 Å². The molecule has 0 saturated carbocycles. The number of pyridine rings is 1. The van der Waals surface area contributed by atoms with Gasteiger partial charge in [-0.2, -0.15) is 0 Å². The van der Waals surface area contributed by atoms with Gasteiger partial charge in [0.05, 0.1) is 22.8 Å². The van der Waals surface area contributed by atoms with Crippen molar-refractivity contribution in [2.45, 2.75) is 31.8 Å². The van der Waals surface area contributed by atoms with Crippen molar-refractivity contribution >= 4 is 28.9 Å². The van der Waals surface area contributed by atoms with E-state index < -0.39 is 5.82 Å². The molecule has 1 aliphatic rings. The Morgan fingerprint density at radius 3 is 2.79 bits per heavy atom. The van der Waals surface area contributed by atoms with E-state index in [-0.39, 0.29) is 17.1 Å². The molecule has 0 spiro atoms. The first-order valence-electron chi connectivity index (χ1n) is 9.71. The number of aromatic nitrogens is 2. The van der Waals surface area contributed by atoms with Gasteiger partial charge in [-0.05, 0) is 61.1 Å². The molecule has 0 aliphatic carbocycles. The lowest BCUT2D eigenvalue weighted by atomic mass is 10.0. The van der Waals surface area contributed by atoms with Crippen LogP contribution in [-0.2, 0) is 0 Å². The minimum atomic E-state index is -0.427. The zero-order valence-corrected chi connectivity index (χ0v) is 17.6. The van der Waals surface area contributed by atoms with E-state index in [1.54, 1.807) is 18.3 Å². The average Bonchev–Trinajstić information content (AvgIpc) is 3.33. The first-order valence-corrected chi connectivity index (χ1v) is 10.5. The molecule has 2 atom stereocenters. The van der Waals surface area contributed by atoms with E-state index in [1.807, 2.05) is 35.0 Å². The highest BCUT2D eigenvalue weighted by atomic mass is 35.5. The van der Waals surface area contributed by atoms with E-state index in [0.29, 0.717) is 0 Å². The molecule has 29 heavy (non-hydrogen) atoms. The van der Waals surface area contributed by atoms with Gasteiger partial charge in [-0.25, -0.2) is 4.39 Å². The topological polar surface area (TPSA) is 33.1 Å². The summed E-state index contributed by atoms with van der Waals surface area (Å²) in [5.41, 5.74) is 2.79. The second-order valence-corrected chi connectivity index (χ2v) is 7.87. The number of nitrogens with one attached hydrogen (secondary N) is 1. The minimum absolute atomic E-state index is 0.0391. The molecule has 0 radical (unpaired) electrons. The minimum Gasteiger partial charge on any atom is -0.352 e. The van der Waals surface area contributed by atoms with Gasteiger partial charge in [-0.15, -0.1) is 0 Å². The van der Waals surface area contributed by atoms with Crippen LogP contribution in [0.15, 0.2) is 60.9 Å². The van der Waals surface area contributed by atoms with E-state index >= 15 is 0 Å². The van der Waals surface area contributed by atoms with Crippen LogP contribution in [0.3, 0.4) is 0 Å². The number of unbranched alkanes of at least 4 members (excludes halogenated alkanes) is 1. The van der Waals surface area contributed by atoms with E-state index in [9.17, 15) is 4.39 Å². The number of nitrogens with zero attached hydrogens (tertiary/aromatic N) is 3. The number of hydrogen-bond donors (Lipinski definition) is 1. The molecule has 0 bridgehead atoms.